The van der Waals surface area contributed by atoms with Crippen molar-refractivity contribution in [2.45, 2.75) is 25.6 Å². The monoisotopic (exact) mass is 206 g/mol. The van der Waals surface area contributed by atoms with Crippen molar-refractivity contribution in [1.82, 2.24) is 0 Å². The number of ether oxygens (including phenoxy) is 1. The number of rotatable bonds is 4. The van der Waals surface area contributed by atoms with Crippen LogP contribution in [0.5, 0.6) is 5.75 Å². The van der Waals surface area contributed by atoms with Crippen LogP contribution in [0.2, 0.25) is 0 Å². The molecule has 80 valence electrons. The summed E-state index contributed by atoms with van der Waals surface area (Å²) in [5.41, 5.74) is -0.443. The Hall–Kier alpha value is -0.995. The highest BCUT2D eigenvalue weighted by Crippen LogP contribution is 2.17. The zero-order valence-corrected chi connectivity index (χ0v) is 8.97. The van der Waals surface area contributed by atoms with E-state index in [0.717, 1.165) is 0 Å². The summed E-state index contributed by atoms with van der Waals surface area (Å²) in [6.45, 7) is 2.93. The Morgan fingerprint density at radius 3 is 2.27 bits per heavy atom. The quantitative estimate of drug-likeness (QED) is 0.681. The van der Waals surface area contributed by atoms with Gasteiger partial charge in [-0.25, -0.2) is 0 Å². The molecule has 1 aromatic rings. The lowest BCUT2D eigenvalue weighted by atomic mass is 9.96. The van der Waals surface area contributed by atoms with Gasteiger partial charge in [-0.3, -0.25) is 0 Å². The first-order valence-corrected chi connectivity index (χ1v) is 4.79. The highest BCUT2D eigenvalue weighted by Gasteiger charge is 2.27. The SMILES string of the molecule is [B]c1ccc(OC(CO)C(C)(C)O)cc1. The smallest absolute Gasteiger partial charge is 0.150 e. The molecule has 0 saturated carbocycles. The molecule has 2 N–H and O–H groups in total. The van der Waals surface area contributed by atoms with Gasteiger partial charge in [-0.15, -0.1) is 0 Å². The molecule has 0 spiro atoms. The molecule has 0 aliphatic rings. The number of benzene rings is 1. The number of aliphatic hydroxyl groups is 2. The fraction of sp³-hybridized carbons (Fsp3) is 0.455. The van der Waals surface area contributed by atoms with Gasteiger partial charge in [0.2, 0.25) is 0 Å². The van der Waals surface area contributed by atoms with Gasteiger partial charge < -0.3 is 14.9 Å². The van der Waals surface area contributed by atoms with Gasteiger partial charge in [-0.1, -0.05) is 17.6 Å². The Labute approximate surface area is 91.1 Å². The first-order valence-electron chi connectivity index (χ1n) is 4.79. The minimum absolute atomic E-state index is 0.242. The van der Waals surface area contributed by atoms with Gasteiger partial charge in [0.1, 0.15) is 19.7 Å². The molecule has 4 heteroatoms. The summed E-state index contributed by atoms with van der Waals surface area (Å²) in [5.74, 6) is 0.574. The summed E-state index contributed by atoms with van der Waals surface area (Å²) < 4.78 is 5.43. The van der Waals surface area contributed by atoms with Crippen LogP contribution in [0.4, 0.5) is 0 Å². The molecule has 3 nitrogen and oxygen atoms in total. The number of hydrogen-bond donors (Lipinski definition) is 2. The van der Waals surface area contributed by atoms with E-state index in [1.54, 1.807) is 38.1 Å². The fourth-order valence-corrected chi connectivity index (χ4v) is 1.12. The van der Waals surface area contributed by atoms with Crippen LogP contribution in [0.15, 0.2) is 24.3 Å². The third kappa shape index (κ3) is 3.57. The van der Waals surface area contributed by atoms with E-state index in [-0.39, 0.29) is 6.61 Å². The van der Waals surface area contributed by atoms with Crippen LogP contribution in [0.25, 0.3) is 0 Å². The van der Waals surface area contributed by atoms with Gasteiger partial charge in [-0.05, 0) is 26.0 Å². The van der Waals surface area contributed by atoms with Gasteiger partial charge >= 0.3 is 0 Å². The Balaban J connectivity index is 2.71. The molecular formula is C11H15BO3. The normalized spacial score (nSPS) is 13.6. The van der Waals surface area contributed by atoms with Gasteiger partial charge in [-0.2, -0.15) is 0 Å². The topological polar surface area (TPSA) is 49.7 Å². The van der Waals surface area contributed by atoms with Crippen molar-refractivity contribution in [1.29, 1.82) is 0 Å². The van der Waals surface area contributed by atoms with Crippen LogP contribution in [-0.2, 0) is 0 Å². The lowest BCUT2D eigenvalue weighted by molar-refractivity contribution is -0.0569. The predicted octanol–water partition coefficient (Wildman–Crippen LogP) is -0.00900. The maximum absolute atomic E-state index is 9.68. The summed E-state index contributed by atoms with van der Waals surface area (Å²) in [6, 6.07) is 6.80. The summed E-state index contributed by atoms with van der Waals surface area (Å²) in [6.07, 6.45) is -0.652. The fourth-order valence-electron chi connectivity index (χ4n) is 1.12. The lowest BCUT2D eigenvalue weighted by Crippen LogP contribution is -2.43. The number of hydrogen-bond acceptors (Lipinski definition) is 3. The van der Waals surface area contributed by atoms with Crippen LogP contribution in [0, 0.1) is 0 Å². The Morgan fingerprint density at radius 2 is 1.87 bits per heavy atom. The molecule has 0 fully saturated rings. The van der Waals surface area contributed by atoms with Gasteiger partial charge in [0, 0.05) is 0 Å². The van der Waals surface area contributed by atoms with Crippen LogP contribution < -0.4 is 10.2 Å². The Kier molecular flexibility index (Phi) is 3.77. The summed E-state index contributed by atoms with van der Waals surface area (Å²) in [5, 5.41) is 18.8. The maximum atomic E-state index is 9.68. The molecule has 2 radical (unpaired) electrons. The second-order valence-corrected chi connectivity index (χ2v) is 4.01. The van der Waals surface area contributed by atoms with Crippen molar-refractivity contribution in [3.63, 3.8) is 0 Å². The molecular weight excluding hydrogens is 191 g/mol. The van der Waals surface area contributed by atoms with Gasteiger partial charge in [0.25, 0.3) is 0 Å². The van der Waals surface area contributed by atoms with Gasteiger partial charge in [0.05, 0.1) is 12.2 Å². The van der Waals surface area contributed by atoms with E-state index in [4.69, 9.17) is 17.7 Å². The summed E-state index contributed by atoms with van der Waals surface area (Å²) >= 11 is 0. The average molecular weight is 206 g/mol. The van der Waals surface area contributed by atoms with Crippen molar-refractivity contribution < 1.29 is 14.9 Å². The van der Waals surface area contributed by atoms with Crippen LogP contribution in [0.1, 0.15) is 13.8 Å². The third-order valence-corrected chi connectivity index (χ3v) is 2.11. The summed E-state index contributed by atoms with van der Waals surface area (Å²) in [7, 11) is 5.52. The first-order chi connectivity index (χ1) is 6.93. The van der Waals surface area contributed by atoms with Crippen molar-refractivity contribution in [3.05, 3.63) is 24.3 Å². The minimum Gasteiger partial charge on any atom is -0.485 e. The molecule has 0 bridgehead atoms. The maximum Gasteiger partial charge on any atom is 0.150 e. The second-order valence-electron chi connectivity index (χ2n) is 4.01. The highest BCUT2D eigenvalue weighted by atomic mass is 16.5. The van der Waals surface area contributed by atoms with E-state index >= 15 is 0 Å². The number of aliphatic hydroxyl groups excluding tert-OH is 1. The standard InChI is InChI=1S/C11H15BO3/c1-11(2,14)10(7-13)15-9-5-3-8(12)4-6-9/h3-6,10,13-14H,7H2,1-2H3. The van der Waals surface area contributed by atoms with E-state index in [0.29, 0.717) is 11.2 Å². The largest absolute Gasteiger partial charge is 0.485 e. The van der Waals surface area contributed by atoms with Crippen molar-refractivity contribution >= 4 is 13.3 Å². The molecule has 0 aliphatic heterocycles. The van der Waals surface area contributed by atoms with E-state index in [2.05, 4.69) is 0 Å². The predicted molar refractivity (Wildman–Crippen MR) is 59.6 cm³/mol. The van der Waals surface area contributed by atoms with E-state index in [9.17, 15) is 5.11 Å². The van der Waals surface area contributed by atoms with Gasteiger partial charge in [0.15, 0.2) is 0 Å². The minimum atomic E-state index is -1.09. The van der Waals surface area contributed by atoms with Crippen LogP contribution >= 0.6 is 0 Å². The molecule has 0 heterocycles. The molecule has 0 aliphatic carbocycles. The van der Waals surface area contributed by atoms with Crippen LogP contribution in [0.3, 0.4) is 0 Å². The average Bonchev–Trinajstić information content (AvgIpc) is 2.15. The Bertz CT molecular complexity index is 303. The third-order valence-electron chi connectivity index (χ3n) is 2.11. The molecule has 1 rings (SSSR count). The molecule has 1 unspecified atom stereocenters. The molecule has 1 atom stereocenters. The zero-order chi connectivity index (χ0) is 11.5. The molecule has 0 aromatic heterocycles. The lowest BCUT2D eigenvalue weighted by Gasteiger charge is -2.28. The zero-order valence-electron chi connectivity index (χ0n) is 8.97. The second kappa shape index (κ2) is 4.68. The van der Waals surface area contributed by atoms with Crippen LogP contribution in [-0.4, -0.2) is 36.4 Å². The molecule has 1 aromatic carbocycles. The van der Waals surface area contributed by atoms with E-state index in [1.807, 2.05) is 0 Å². The van der Waals surface area contributed by atoms with E-state index < -0.39 is 11.7 Å². The molecule has 0 amide bonds. The van der Waals surface area contributed by atoms with Crippen molar-refractivity contribution in [3.8, 4) is 5.75 Å². The van der Waals surface area contributed by atoms with Crippen molar-refractivity contribution in [2.75, 3.05) is 6.61 Å². The molecule has 15 heavy (non-hydrogen) atoms. The van der Waals surface area contributed by atoms with Crippen molar-refractivity contribution in [2.24, 2.45) is 0 Å². The van der Waals surface area contributed by atoms with E-state index in [1.165, 1.54) is 0 Å². The summed E-state index contributed by atoms with van der Waals surface area (Å²) in [4.78, 5) is 0. The molecule has 0 saturated heterocycles. The highest BCUT2D eigenvalue weighted by molar-refractivity contribution is 6.32. The Morgan fingerprint density at radius 1 is 1.33 bits per heavy atom. The first kappa shape index (κ1) is 12.1.